The molecule has 0 aliphatic heterocycles. The van der Waals surface area contributed by atoms with Crippen molar-refractivity contribution in [2.75, 3.05) is 0 Å². The van der Waals surface area contributed by atoms with Crippen LogP contribution in [0.3, 0.4) is 0 Å². The highest BCUT2D eigenvalue weighted by molar-refractivity contribution is 5.87. The summed E-state index contributed by atoms with van der Waals surface area (Å²) >= 11 is 0. The van der Waals surface area contributed by atoms with Crippen molar-refractivity contribution >= 4 is 0 Å². The zero-order chi connectivity index (χ0) is 41.7. The van der Waals surface area contributed by atoms with Crippen molar-refractivity contribution < 1.29 is 0 Å². The highest BCUT2D eigenvalue weighted by atomic mass is 15.0. The smallest absolute Gasteiger partial charge is 0.164 e. The van der Waals surface area contributed by atoms with Crippen molar-refractivity contribution in [3.8, 4) is 108 Å². The Balaban J connectivity index is 1.08. The van der Waals surface area contributed by atoms with Crippen LogP contribution in [0.4, 0.5) is 0 Å². The van der Waals surface area contributed by atoms with Gasteiger partial charge in [-0.25, -0.2) is 29.9 Å². The average Bonchev–Trinajstić information content (AvgIpc) is 3.37. The maximum atomic E-state index is 9.56. The summed E-state index contributed by atoms with van der Waals surface area (Å²) in [5.74, 6) is 3.48. The van der Waals surface area contributed by atoms with Crippen molar-refractivity contribution in [2.45, 2.75) is 0 Å². The molecule has 7 heteroatoms. The van der Waals surface area contributed by atoms with Crippen molar-refractivity contribution in [3.63, 3.8) is 0 Å². The third kappa shape index (κ3) is 7.75. The predicted molar refractivity (Wildman–Crippen MR) is 247 cm³/mol. The summed E-state index contributed by atoms with van der Waals surface area (Å²) in [6.07, 6.45) is 0. The van der Waals surface area contributed by atoms with Crippen molar-refractivity contribution in [1.29, 1.82) is 5.26 Å². The Hall–Kier alpha value is -8.73. The van der Waals surface area contributed by atoms with E-state index in [0.29, 0.717) is 40.5 Å². The van der Waals surface area contributed by atoms with E-state index in [9.17, 15) is 5.26 Å². The van der Waals surface area contributed by atoms with Crippen LogP contribution in [0.1, 0.15) is 5.56 Å². The van der Waals surface area contributed by atoms with Gasteiger partial charge in [-0.1, -0.05) is 188 Å². The molecule has 62 heavy (non-hydrogen) atoms. The molecule has 2 aromatic heterocycles. The Labute approximate surface area is 359 Å². The average molecular weight is 794 g/mol. The first kappa shape index (κ1) is 37.5. The molecule has 2 heterocycles. The summed E-state index contributed by atoms with van der Waals surface area (Å²) in [5, 5.41) is 9.56. The SMILES string of the molecule is N#Cc1cccc(-c2cccc(-c3nc(-c4ccccc4)nc(-c4ccccc4-c4cccc(-c5ccccc5-c5nc(-c6ccccc6)nc(-c6ccccc6)n5)c4)n3)c2)c1. The summed E-state index contributed by atoms with van der Waals surface area (Å²) in [6, 6.07) is 73.0. The van der Waals surface area contributed by atoms with Gasteiger partial charge in [-0.15, -0.1) is 0 Å². The first-order valence-electron chi connectivity index (χ1n) is 20.3. The lowest BCUT2D eigenvalue weighted by Crippen LogP contribution is -2.01. The Bertz CT molecular complexity index is 3200. The molecule has 10 rings (SSSR count). The lowest BCUT2D eigenvalue weighted by Gasteiger charge is -2.14. The molecule has 0 bridgehead atoms. The molecular weight excluding hydrogens is 759 g/mol. The van der Waals surface area contributed by atoms with Gasteiger partial charge in [0.1, 0.15) is 0 Å². The third-order valence-corrected chi connectivity index (χ3v) is 10.6. The first-order valence-corrected chi connectivity index (χ1v) is 20.3. The Morgan fingerprint density at radius 3 is 1.00 bits per heavy atom. The van der Waals surface area contributed by atoms with Gasteiger partial charge in [-0.05, 0) is 57.6 Å². The van der Waals surface area contributed by atoms with Gasteiger partial charge in [0.25, 0.3) is 0 Å². The minimum Gasteiger partial charge on any atom is -0.208 e. The van der Waals surface area contributed by atoms with E-state index in [2.05, 4.69) is 60.7 Å². The fourth-order valence-corrected chi connectivity index (χ4v) is 7.59. The fourth-order valence-electron chi connectivity index (χ4n) is 7.59. The topological polar surface area (TPSA) is 101 Å². The lowest BCUT2D eigenvalue weighted by atomic mass is 9.93. The molecule has 0 radical (unpaired) electrons. The first-order chi connectivity index (χ1) is 30.7. The summed E-state index contributed by atoms with van der Waals surface area (Å²) in [5.41, 5.74) is 11.8. The standard InChI is InChI=1S/C55H35N7/c56-36-37-17-14-24-41(33-37)42-25-15-28-45(34-42)53-58-52(40-22-8-3-9-23-40)61-55(62-53)49-32-13-11-30-47(49)44-27-16-26-43(35-44)46-29-10-12-31-48(46)54-59-50(38-18-4-1-5-19-38)57-51(60-54)39-20-6-2-7-21-39/h1-35H. The number of benzene rings is 8. The highest BCUT2D eigenvalue weighted by Crippen LogP contribution is 2.38. The van der Waals surface area contributed by atoms with Gasteiger partial charge in [0.2, 0.25) is 0 Å². The van der Waals surface area contributed by atoms with Crippen LogP contribution in [-0.2, 0) is 0 Å². The Morgan fingerprint density at radius 2 is 0.548 bits per heavy atom. The Kier molecular flexibility index (Phi) is 10.2. The van der Waals surface area contributed by atoms with Crippen LogP contribution < -0.4 is 0 Å². The molecule has 0 spiro atoms. The molecule has 8 aromatic carbocycles. The van der Waals surface area contributed by atoms with E-state index >= 15 is 0 Å². The molecule has 0 saturated heterocycles. The van der Waals surface area contributed by atoms with Crippen LogP contribution in [0.2, 0.25) is 0 Å². The van der Waals surface area contributed by atoms with Crippen LogP contribution in [0.25, 0.3) is 102 Å². The second kappa shape index (κ2) is 16.9. The molecule has 0 aliphatic rings. The van der Waals surface area contributed by atoms with Crippen molar-refractivity contribution in [2.24, 2.45) is 0 Å². The zero-order valence-corrected chi connectivity index (χ0v) is 33.3. The molecule has 0 saturated carbocycles. The van der Waals surface area contributed by atoms with E-state index in [-0.39, 0.29) is 0 Å². The van der Waals surface area contributed by atoms with Crippen LogP contribution >= 0.6 is 0 Å². The number of rotatable bonds is 9. The van der Waals surface area contributed by atoms with Gasteiger partial charge >= 0.3 is 0 Å². The van der Waals surface area contributed by atoms with E-state index in [1.807, 2.05) is 158 Å². The second-order valence-corrected chi connectivity index (χ2v) is 14.7. The molecule has 290 valence electrons. The zero-order valence-electron chi connectivity index (χ0n) is 33.3. The van der Waals surface area contributed by atoms with Gasteiger partial charge in [0.15, 0.2) is 34.9 Å². The maximum Gasteiger partial charge on any atom is 0.164 e. The third-order valence-electron chi connectivity index (χ3n) is 10.6. The van der Waals surface area contributed by atoms with E-state index in [1.54, 1.807) is 0 Å². The number of hydrogen-bond donors (Lipinski definition) is 0. The lowest BCUT2D eigenvalue weighted by molar-refractivity contribution is 1.07. The number of nitrogens with zero attached hydrogens (tertiary/aromatic N) is 7. The maximum absolute atomic E-state index is 9.56. The predicted octanol–water partition coefficient (Wildman–Crippen LogP) is 12.9. The molecular formula is C55H35N7. The minimum atomic E-state index is 0.548. The van der Waals surface area contributed by atoms with Gasteiger partial charge in [0.05, 0.1) is 11.6 Å². The molecule has 10 aromatic rings. The van der Waals surface area contributed by atoms with E-state index in [1.165, 1.54) is 0 Å². The molecule has 0 aliphatic carbocycles. The highest BCUT2D eigenvalue weighted by Gasteiger charge is 2.19. The van der Waals surface area contributed by atoms with Crippen LogP contribution in [-0.4, -0.2) is 29.9 Å². The van der Waals surface area contributed by atoms with E-state index in [0.717, 1.165) is 66.8 Å². The van der Waals surface area contributed by atoms with E-state index < -0.39 is 0 Å². The Morgan fingerprint density at radius 1 is 0.242 bits per heavy atom. The van der Waals surface area contributed by atoms with Crippen LogP contribution in [0, 0.1) is 11.3 Å². The van der Waals surface area contributed by atoms with E-state index in [4.69, 9.17) is 29.9 Å². The van der Waals surface area contributed by atoms with Gasteiger partial charge in [0, 0.05) is 33.4 Å². The number of hydrogen-bond acceptors (Lipinski definition) is 7. The number of aromatic nitrogens is 6. The van der Waals surface area contributed by atoms with Crippen LogP contribution in [0.15, 0.2) is 212 Å². The van der Waals surface area contributed by atoms with Crippen molar-refractivity contribution in [1.82, 2.24) is 29.9 Å². The normalized spacial score (nSPS) is 10.9. The summed E-state index contributed by atoms with van der Waals surface area (Å²) in [6.45, 7) is 0. The van der Waals surface area contributed by atoms with Gasteiger partial charge < -0.3 is 0 Å². The molecule has 7 nitrogen and oxygen atoms in total. The summed E-state index contributed by atoms with van der Waals surface area (Å²) < 4.78 is 0. The monoisotopic (exact) mass is 793 g/mol. The molecule has 0 N–H and O–H groups in total. The summed E-state index contributed by atoms with van der Waals surface area (Å²) in [7, 11) is 0. The van der Waals surface area contributed by atoms with Gasteiger partial charge in [-0.3, -0.25) is 0 Å². The van der Waals surface area contributed by atoms with Crippen molar-refractivity contribution in [3.05, 3.63) is 218 Å². The molecule has 0 atom stereocenters. The number of nitriles is 1. The summed E-state index contributed by atoms with van der Waals surface area (Å²) in [4.78, 5) is 30.3. The van der Waals surface area contributed by atoms with Gasteiger partial charge in [-0.2, -0.15) is 5.26 Å². The quantitative estimate of drug-likeness (QED) is 0.143. The van der Waals surface area contributed by atoms with Crippen LogP contribution in [0.5, 0.6) is 0 Å². The second-order valence-electron chi connectivity index (χ2n) is 14.7. The fraction of sp³-hybridized carbons (Fsp3) is 0. The largest absolute Gasteiger partial charge is 0.208 e. The minimum absolute atomic E-state index is 0.548. The molecule has 0 unspecified atom stereocenters. The molecule has 0 amide bonds. The molecule has 0 fully saturated rings.